The third kappa shape index (κ3) is 7.30. The van der Waals surface area contributed by atoms with E-state index >= 15 is 0 Å². The number of ether oxygens (including phenoxy) is 2. The summed E-state index contributed by atoms with van der Waals surface area (Å²) in [5.74, 6) is 1.37. The molecule has 0 atom stereocenters. The van der Waals surface area contributed by atoms with Crippen LogP contribution in [0.3, 0.4) is 0 Å². The van der Waals surface area contributed by atoms with Crippen molar-refractivity contribution in [3.8, 4) is 11.5 Å². The molecule has 32 heavy (non-hydrogen) atoms. The van der Waals surface area contributed by atoms with Crippen molar-refractivity contribution in [1.29, 1.82) is 0 Å². The van der Waals surface area contributed by atoms with Crippen LogP contribution in [0.4, 0.5) is 0 Å². The molecule has 2 aromatic rings. The molecular formula is C26H30N2O4. The fraction of sp³-hybridized carbons (Fsp3) is 0.308. The SMILES string of the molecule is COc1ccc(C=CC(=O)NC2CCC(NC(=O)C=Cc3ccc(OC)cc3)CC2)cc1. The minimum atomic E-state index is -0.101. The lowest BCUT2D eigenvalue weighted by molar-refractivity contribution is -0.118. The number of rotatable bonds is 8. The monoisotopic (exact) mass is 434 g/mol. The molecule has 1 aliphatic carbocycles. The molecule has 0 saturated heterocycles. The molecule has 2 N–H and O–H groups in total. The predicted octanol–water partition coefficient (Wildman–Crippen LogP) is 3.97. The minimum Gasteiger partial charge on any atom is -0.497 e. The number of hydrogen-bond acceptors (Lipinski definition) is 4. The Morgan fingerprint density at radius 3 is 1.34 bits per heavy atom. The van der Waals surface area contributed by atoms with Crippen LogP contribution in [0.2, 0.25) is 0 Å². The van der Waals surface area contributed by atoms with Crippen molar-refractivity contribution in [2.45, 2.75) is 37.8 Å². The summed E-state index contributed by atoms with van der Waals surface area (Å²) < 4.78 is 10.3. The van der Waals surface area contributed by atoms with Gasteiger partial charge in [-0.1, -0.05) is 24.3 Å². The molecule has 6 heteroatoms. The van der Waals surface area contributed by atoms with Crippen molar-refractivity contribution in [3.63, 3.8) is 0 Å². The van der Waals surface area contributed by atoms with Gasteiger partial charge < -0.3 is 20.1 Å². The van der Waals surface area contributed by atoms with Gasteiger partial charge in [-0.25, -0.2) is 0 Å². The topological polar surface area (TPSA) is 76.7 Å². The van der Waals surface area contributed by atoms with Crippen LogP contribution in [0.1, 0.15) is 36.8 Å². The fourth-order valence-electron chi connectivity index (χ4n) is 3.65. The summed E-state index contributed by atoms with van der Waals surface area (Å²) in [5, 5.41) is 6.11. The van der Waals surface area contributed by atoms with Gasteiger partial charge in [-0.05, 0) is 73.2 Å². The van der Waals surface area contributed by atoms with Gasteiger partial charge in [0.2, 0.25) is 11.8 Å². The van der Waals surface area contributed by atoms with Crippen molar-refractivity contribution in [3.05, 3.63) is 71.8 Å². The summed E-state index contributed by atoms with van der Waals surface area (Å²) in [5.41, 5.74) is 1.88. The number of benzene rings is 2. The lowest BCUT2D eigenvalue weighted by atomic mass is 9.91. The Labute approximate surface area is 189 Å². The molecular weight excluding hydrogens is 404 g/mol. The maximum atomic E-state index is 12.2. The zero-order chi connectivity index (χ0) is 22.8. The smallest absolute Gasteiger partial charge is 0.244 e. The molecule has 0 aromatic heterocycles. The van der Waals surface area contributed by atoms with Gasteiger partial charge in [-0.2, -0.15) is 0 Å². The second kappa shape index (κ2) is 11.7. The van der Waals surface area contributed by atoms with Crippen LogP contribution in [-0.4, -0.2) is 38.1 Å². The molecule has 2 amide bonds. The standard InChI is InChI=1S/C26H30N2O4/c1-31-23-13-3-19(4-14-23)7-17-25(29)27-21-9-11-22(12-10-21)28-26(30)18-8-20-5-15-24(32-2)16-6-20/h3-8,13-18,21-22H,9-12H2,1-2H3,(H,27,29)(H,28,30). The Morgan fingerprint density at radius 2 is 1.03 bits per heavy atom. The highest BCUT2D eigenvalue weighted by Gasteiger charge is 2.22. The Hall–Kier alpha value is -3.54. The van der Waals surface area contributed by atoms with Crippen molar-refractivity contribution in [2.24, 2.45) is 0 Å². The van der Waals surface area contributed by atoms with Gasteiger partial charge in [0, 0.05) is 24.2 Å². The molecule has 1 aliphatic rings. The Balaban J connectivity index is 1.38. The third-order valence-corrected chi connectivity index (χ3v) is 5.51. The second-order valence-electron chi connectivity index (χ2n) is 7.78. The summed E-state index contributed by atoms with van der Waals surface area (Å²) in [6.07, 6.45) is 10.1. The van der Waals surface area contributed by atoms with E-state index in [-0.39, 0.29) is 23.9 Å². The number of amides is 2. The van der Waals surface area contributed by atoms with Crippen LogP contribution in [0, 0.1) is 0 Å². The molecule has 168 valence electrons. The maximum absolute atomic E-state index is 12.2. The van der Waals surface area contributed by atoms with E-state index in [0.29, 0.717) is 0 Å². The molecule has 3 rings (SSSR count). The van der Waals surface area contributed by atoms with Gasteiger partial charge in [0.25, 0.3) is 0 Å². The van der Waals surface area contributed by atoms with E-state index in [1.807, 2.05) is 48.5 Å². The molecule has 0 spiro atoms. The average molecular weight is 435 g/mol. The van der Waals surface area contributed by atoms with E-state index < -0.39 is 0 Å². The molecule has 0 radical (unpaired) electrons. The number of carbonyl (C=O) groups is 2. The highest BCUT2D eigenvalue weighted by atomic mass is 16.5. The first-order valence-electron chi connectivity index (χ1n) is 10.8. The third-order valence-electron chi connectivity index (χ3n) is 5.51. The van der Waals surface area contributed by atoms with E-state index in [0.717, 1.165) is 48.3 Å². The van der Waals surface area contributed by atoms with Gasteiger partial charge in [-0.15, -0.1) is 0 Å². The zero-order valence-electron chi connectivity index (χ0n) is 18.5. The van der Waals surface area contributed by atoms with Gasteiger partial charge in [-0.3, -0.25) is 9.59 Å². The normalized spacial score (nSPS) is 18.4. The first-order valence-corrected chi connectivity index (χ1v) is 10.8. The van der Waals surface area contributed by atoms with Crippen molar-refractivity contribution in [1.82, 2.24) is 10.6 Å². The van der Waals surface area contributed by atoms with Gasteiger partial charge in [0.1, 0.15) is 11.5 Å². The van der Waals surface area contributed by atoms with Crippen molar-refractivity contribution >= 4 is 24.0 Å². The van der Waals surface area contributed by atoms with E-state index in [9.17, 15) is 9.59 Å². The van der Waals surface area contributed by atoms with Crippen LogP contribution < -0.4 is 20.1 Å². The van der Waals surface area contributed by atoms with Crippen molar-refractivity contribution < 1.29 is 19.1 Å². The summed E-state index contributed by atoms with van der Waals surface area (Å²) >= 11 is 0. The molecule has 1 saturated carbocycles. The van der Waals surface area contributed by atoms with Gasteiger partial charge >= 0.3 is 0 Å². The number of hydrogen-bond donors (Lipinski definition) is 2. The average Bonchev–Trinajstić information content (AvgIpc) is 2.83. The van der Waals surface area contributed by atoms with E-state index in [4.69, 9.17) is 9.47 Å². The fourth-order valence-corrected chi connectivity index (χ4v) is 3.65. The maximum Gasteiger partial charge on any atom is 0.244 e. The number of methoxy groups -OCH3 is 2. The minimum absolute atomic E-state index is 0.101. The van der Waals surface area contributed by atoms with Gasteiger partial charge in [0.15, 0.2) is 0 Å². The van der Waals surface area contributed by atoms with Crippen LogP contribution in [-0.2, 0) is 9.59 Å². The first-order chi connectivity index (χ1) is 15.6. The Bertz CT molecular complexity index is 861. The lowest BCUT2D eigenvalue weighted by Crippen LogP contribution is -2.43. The summed E-state index contributed by atoms with van der Waals surface area (Å²) in [6, 6.07) is 15.3. The van der Waals surface area contributed by atoms with Crippen LogP contribution in [0.25, 0.3) is 12.2 Å². The van der Waals surface area contributed by atoms with E-state index in [1.54, 1.807) is 38.5 Å². The molecule has 0 unspecified atom stereocenters. The van der Waals surface area contributed by atoms with Crippen LogP contribution >= 0.6 is 0 Å². The zero-order valence-corrected chi connectivity index (χ0v) is 18.5. The molecule has 0 bridgehead atoms. The Morgan fingerprint density at radius 1 is 0.688 bits per heavy atom. The molecule has 0 aliphatic heterocycles. The predicted molar refractivity (Wildman–Crippen MR) is 126 cm³/mol. The van der Waals surface area contributed by atoms with E-state index in [1.165, 1.54) is 0 Å². The molecule has 1 fully saturated rings. The van der Waals surface area contributed by atoms with Crippen molar-refractivity contribution in [2.75, 3.05) is 14.2 Å². The summed E-state index contributed by atoms with van der Waals surface area (Å²) in [6.45, 7) is 0. The first kappa shape index (κ1) is 23.1. The van der Waals surface area contributed by atoms with Crippen LogP contribution in [0.15, 0.2) is 60.7 Å². The molecule has 0 heterocycles. The summed E-state index contributed by atoms with van der Waals surface area (Å²) in [4.78, 5) is 24.4. The quantitative estimate of drug-likeness (QED) is 0.617. The second-order valence-corrected chi connectivity index (χ2v) is 7.78. The largest absolute Gasteiger partial charge is 0.497 e. The lowest BCUT2D eigenvalue weighted by Gasteiger charge is -2.29. The van der Waals surface area contributed by atoms with E-state index in [2.05, 4.69) is 10.6 Å². The summed E-state index contributed by atoms with van der Waals surface area (Å²) in [7, 11) is 3.25. The number of carbonyl (C=O) groups excluding carboxylic acids is 2. The van der Waals surface area contributed by atoms with Gasteiger partial charge in [0.05, 0.1) is 14.2 Å². The molecule has 2 aromatic carbocycles. The highest BCUT2D eigenvalue weighted by molar-refractivity contribution is 5.92. The Kier molecular flexibility index (Phi) is 8.49. The number of nitrogens with one attached hydrogen (secondary N) is 2. The molecule has 6 nitrogen and oxygen atoms in total. The van der Waals surface area contributed by atoms with Crippen LogP contribution in [0.5, 0.6) is 11.5 Å². The highest BCUT2D eigenvalue weighted by Crippen LogP contribution is 2.19.